The van der Waals surface area contributed by atoms with Crippen LogP contribution in [0, 0.1) is 18.6 Å². The van der Waals surface area contributed by atoms with Crippen LogP contribution in [-0.4, -0.2) is 0 Å². The third kappa shape index (κ3) is 2.40. The molecule has 1 heterocycles. The fraction of sp³-hybridized carbons (Fsp3) is 0.167. The molecule has 1 atom stereocenters. The Bertz CT molecular complexity index is 530. The minimum atomic E-state index is -0.947. The largest absolute Gasteiger partial charge is 0.464 e. The fourth-order valence-electron chi connectivity index (χ4n) is 1.61. The molecule has 17 heavy (non-hydrogen) atoms. The standard InChI is InChI=1S/C12H10BrF2NO/c1-6-2-3-10(17-6)12(16)11-8(14)4-7(13)5-9(11)15/h2-5,12H,16H2,1H3. The summed E-state index contributed by atoms with van der Waals surface area (Å²) < 4.78 is 32.9. The highest BCUT2D eigenvalue weighted by atomic mass is 79.9. The van der Waals surface area contributed by atoms with Gasteiger partial charge >= 0.3 is 0 Å². The van der Waals surface area contributed by atoms with Crippen molar-refractivity contribution in [1.82, 2.24) is 0 Å². The molecule has 0 aliphatic carbocycles. The van der Waals surface area contributed by atoms with E-state index in [0.29, 0.717) is 16.0 Å². The Morgan fingerprint density at radius 2 is 1.82 bits per heavy atom. The molecule has 0 amide bonds. The van der Waals surface area contributed by atoms with Gasteiger partial charge in [0.2, 0.25) is 0 Å². The molecule has 2 rings (SSSR count). The van der Waals surface area contributed by atoms with Gasteiger partial charge in [-0.2, -0.15) is 0 Å². The lowest BCUT2D eigenvalue weighted by Crippen LogP contribution is -2.15. The fourth-order valence-corrected chi connectivity index (χ4v) is 2.02. The zero-order valence-electron chi connectivity index (χ0n) is 9.01. The first-order chi connectivity index (χ1) is 7.99. The van der Waals surface area contributed by atoms with Gasteiger partial charge in [0, 0.05) is 10.0 Å². The molecular formula is C12H10BrF2NO. The van der Waals surface area contributed by atoms with Gasteiger partial charge in [0.1, 0.15) is 23.2 Å². The molecule has 2 N–H and O–H groups in total. The van der Waals surface area contributed by atoms with Crippen LogP contribution in [0.15, 0.2) is 33.2 Å². The zero-order chi connectivity index (χ0) is 12.6. The van der Waals surface area contributed by atoms with Crippen LogP contribution in [0.25, 0.3) is 0 Å². The number of furan rings is 1. The number of benzene rings is 1. The normalized spacial score (nSPS) is 12.8. The molecule has 0 radical (unpaired) electrons. The topological polar surface area (TPSA) is 39.2 Å². The van der Waals surface area contributed by atoms with Gasteiger partial charge in [-0.3, -0.25) is 0 Å². The summed E-state index contributed by atoms with van der Waals surface area (Å²) in [5.74, 6) is -0.409. The molecule has 0 fully saturated rings. The van der Waals surface area contributed by atoms with Gasteiger partial charge in [0.25, 0.3) is 0 Å². The maximum atomic E-state index is 13.7. The van der Waals surface area contributed by atoms with E-state index in [2.05, 4.69) is 15.9 Å². The summed E-state index contributed by atoms with van der Waals surface area (Å²) in [6.07, 6.45) is 0. The Kier molecular flexibility index (Phi) is 3.31. The van der Waals surface area contributed by atoms with Crippen LogP contribution in [0.2, 0.25) is 0 Å². The molecule has 0 saturated carbocycles. The van der Waals surface area contributed by atoms with Gasteiger partial charge in [-0.05, 0) is 31.2 Å². The Hall–Kier alpha value is -1.20. The van der Waals surface area contributed by atoms with Crippen LogP contribution in [0.3, 0.4) is 0 Å². The number of hydrogen-bond donors (Lipinski definition) is 1. The van der Waals surface area contributed by atoms with Gasteiger partial charge in [-0.25, -0.2) is 8.78 Å². The summed E-state index contributed by atoms with van der Waals surface area (Å²) in [4.78, 5) is 0. The maximum Gasteiger partial charge on any atom is 0.132 e. The maximum absolute atomic E-state index is 13.7. The molecule has 1 aromatic heterocycles. The molecule has 2 aromatic rings. The summed E-state index contributed by atoms with van der Waals surface area (Å²) in [6, 6.07) is 4.71. The summed E-state index contributed by atoms with van der Waals surface area (Å²) in [5.41, 5.74) is 5.60. The Labute approximate surface area is 106 Å². The van der Waals surface area contributed by atoms with E-state index in [-0.39, 0.29) is 5.56 Å². The van der Waals surface area contributed by atoms with Crippen molar-refractivity contribution in [3.63, 3.8) is 0 Å². The first-order valence-electron chi connectivity index (χ1n) is 4.95. The molecule has 0 aliphatic rings. The summed E-state index contributed by atoms with van der Waals surface area (Å²) in [7, 11) is 0. The lowest BCUT2D eigenvalue weighted by molar-refractivity contribution is 0.448. The highest BCUT2D eigenvalue weighted by molar-refractivity contribution is 9.10. The summed E-state index contributed by atoms with van der Waals surface area (Å²) in [5, 5.41) is 0. The molecule has 0 spiro atoms. The third-order valence-corrected chi connectivity index (χ3v) is 2.88. The van der Waals surface area contributed by atoms with E-state index < -0.39 is 17.7 Å². The molecule has 0 bridgehead atoms. The average Bonchev–Trinajstić information content (AvgIpc) is 2.63. The molecule has 90 valence electrons. The SMILES string of the molecule is Cc1ccc(C(N)c2c(F)cc(Br)cc2F)o1. The van der Waals surface area contributed by atoms with Gasteiger partial charge < -0.3 is 10.2 Å². The van der Waals surface area contributed by atoms with Crippen molar-refractivity contribution in [2.24, 2.45) is 5.73 Å². The van der Waals surface area contributed by atoms with E-state index in [1.807, 2.05) is 0 Å². The van der Waals surface area contributed by atoms with E-state index in [1.54, 1.807) is 19.1 Å². The van der Waals surface area contributed by atoms with E-state index in [9.17, 15) is 8.78 Å². The Morgan fingerprint density at radius 1 is 1.24 bits per heavy atom. The van der Waals surface area contributed by atoms with Crippen LogP contribution in [0.1, 0.15) is 23.1 Å². The highest BCUT2D eigenvalue weighted by Gasteiger charge is 2.21. The zero-order valence-corrected chi connectivity index (χ0v) is 10.6. The van der Waals surface area contributed by atoms with Crippen LogP contribution >= 0.6 is 15.9 Å². The van der Waals surface area contributed by atoms with Crippen molar-refractivity contribution < 1.29 is 13.2 Å². The predicted molar refractivity (Wildman–Crippen MR) is 63.5 cm³/mol. The molecule has 0 aliphatic heterocycles. The highest BCUT2D eigenvalue weighted by Crippen LogP contribution is 2.28. The number of nitrogens with two attached hydrogens (primary N) is 1. The van der Waals surface area contributed by atoms with Gasteiger partial charge in [-0.1, -0.05) is 15.9 Å². The molecular weight excluding hydrogens is 292 g/mol. The van der Waals surface area contributed by atoms with Gasteiger partial charge in [-0.15, -0.1) is 0 Å². The lowest BCUT2D eigenvalue weighted by atomic mass is 10.0. The first-order valence-corrected chi connectivity index (χ1v) is 5.74. The number of aryl methyl sites for hydroxylation is 1. The Morgan fingerprint density at radius 3 is 2.29 bits per heavy atom. The second kappa shape index (κ2) is 4.58. The lowest BCUT2D eigenvalue weighted by Gasteiger charge is -2.12. The van der Waals surface area contributed by atoms with Crippen molar-refractivity contribution in [2.45, 2.75) is 13.0 Å². The van der Waals surface area contributed by atoms with Crippen molar-refractivity contribution in [3.05, 3.63) is 57.5 Å². The van der Waals surface area contributed by atoms with Crippen molar-refractivity contribution in [3.8, 4) is 0 Å². The second-order valence-corrected chi connectivity index (χ2v) is 4.62. The number of halogens is 3. The minimum absolute atomic E-state index is 0.192. The number of rotatable bonds is 2. The van der Waals surface area contributed by atoms with E-state index in [1.165, 1.54) is 12.1 Å². The average molecular weight is 302 g/mol. The Balaban J connectivity index is 2.47. The second-order valence-electron chi connectivity index (χ2n) is 3.71. The predicted octanol–water partition coefficient (Wildman–Crippen LogP) is 3.68. The van der Waals surface area contributed by atoms with Crippen molar-refractivity contribution in [2.75, 3.05) is 0 Å². The van der Waals surface area contributed by atoms with E-state index in [0.717, 1.165) is 0 Å². The monoisotopic (exact) mass is 301 g/mol. The minimum Gasteiger partial charge on any atom is -0.464 e. The van der Waals surface area contributed by atoms with Crippen LogP contribution in [0.5, 0.6) is 0 Å². The summed E-state index contributed by atoms with van der Waals surface area (Å²) >= 11 is 3.01. The smallest absolute Gasteiger partial charge is 0.132 e. The first kappa shape index (κ1) is 12.3. The van der Waals surface area contributed by atoms with Crippen LogP contribution in [0.4, 0.5) is 8.78 Å². The molecule has 1 unspecified atom stereocenters. The van der Waals surface area contributed by atoms with Crippen LogP contribution in [-0.2, 0) is 0 Å². The molecule has 0 saturated heterocycles. The van der Waals surface area contributed by atoms with E-state index in [4.69, 9.17) is 10.2 Å². The van der Waals surface area contributed by atoms with Crippen molar-refractivity contribution in [1.29, 1.82) is 0 Å². The van der Waals surface area contributed by atoms with Crippen LogP contribution < -0.4 is 5.73 Å². The van der Waals surface area contributed by atoms with Crippen molar-refractivity contribution >= 4 is 15.9 Å². The van der Waals surface area contributed by atoms with Gasteiger partial charge in [0.05, 0.1) is 6.04 Å². The number of hydrogen-bond acceptors (Lipinski definition) is 2. The summed E-state index contributed by atoms with van der Waals surface area (Å²) in [6.45, 7) is 1.74. The van der Waals surface area contributed by atoms with E-state index >= 15 is 0 Å². The molecule has 2 nitrogen and oxygen atoms in total. The van der Waals surface area contributed by atoms with Gasteiger partial charge in [0.15, 0.2) is 0 Å². The quantitative estimate of drug-likeness (QED) is 0.919. The third-order valence-electron chi connectivity index (χ3n) is 2.42. The molecule has 5 heteroatoms. The molecule has 1 aromatic carbocycles.